The Bertz CT molecular complexity index is 1010. The molecule has 2 aromatic heterocycles. The highest BCUT2D eigenvalue weighted by Gasteiger charge is 2.25. The Hall–Kier alpha value is -3.03. The molecule has 2 aliphatic heterocycles. The molecule has 1 N–H and O–H groups in total. The lowest BCUT2D eigenvalue weighted by atomic mass is 10.1. The molecular formula is C21H25N7O. The minimum atomic E-state index is -0.113. The molecule has 0 spiro atoms. The molecule has 1 atom stereocenters. The van der Waals surface area contributed by atoms with E-state index in [0.717, 1.165) is 75.5 Å². The number of nitrogens with zero attached hydrogens (tertiary/aromatic N) is 6. The zero-order valence-corrected chi connectivity index (χ0v) is 16.4. The monoisotopic (exact) mass is 391 g/mol. The van der Waals surface area contributed by atoms with E-state index in [2.05, 4.69) is 42.4 Å². The van der Waals surface area contributed by atoms with Crippen molar-refractivity contribution in [2.24, 2.45) is 0 Å². The van der Waals surface area contributed by atoms with Crippen LogP contribution in [0.25, 0.3) is 0 Å². The smallest absolute Gasteiger partial charge is 0.289 e. The van der Waals surface area contributed by atoms with Crippen molar-refractivity contribution in [1.82, 2.24) is 34.8 Å². The molecule has 29 heavy (non-hydrogen) atoms. The third-order valence-electron chi connectivity index (χ3n) is 5.92. The SMILES string of the molecule is O=C(NC1CCc2nnc(Cc3ccccc3)n2CC1)c1nnc2n1CCCC2. The Balaban J connectivity index is 1.25. The minimum absolute atomic E-state index is 0.102. The van der Waals surface area contributed by atoms with Gasteiger partial charge in [-0.05, 0) is 31.2 Å². The molecule has 4 heterocycles. The third-order valence-corrected chi connectivity index (χ3v) is 5.92. The van der Waals surface area contributed by atoms with Crippen LogP contribution in [0.1, 0.15) is 59.3 Å². The van der Waals surface area contributed by atoms with E-state index in [1.165, 1.54) is 5.56 Å². The molecule has 0 saturated carbocycles. The van der Waals surface area contributed by atoms with Gasteiger partial charge in [-0.2, -0.15) is 0 Å². The number of rotatable bonds is 4. The lowest BCUT2D eigenvalue weighted by Crippen LogP contribution is -2.37. The molecule has 2 aliphatic rings. The van der Waals surface area contributed by atoms with Crippen molar-refractivity contribution in [3.8, 4) is 0 Å². The first kappa shape index (κ1) is 18.0. The first-order valence-corrected chi connectivity index (χ1v) is 10.5. The van der Waals surface area contributed by atoms with Crippen molar-refractivity contribution in [2.75, 3.05) is 0 Å². The van der Waals surface area contributed by atoms with E-state index in [4.69, 9.17) is 0 Å². The molecule has 0 aliphatic carbocycles. The van der Waals surface area contributed by atoms with Crippen molar-refractivity contribution in [3.63, 3.8) is 0 Å². The fraction of sp³-hybridized carbons (Fsp3) is 0.476. The van der Waals surface area contributed by atoms with Gasteiger partial charge in [0.05, 0.1) is 0 Å². The van der Waals surface area contributed by atoms with Crippen LogP contribution in [0.15, 0.2) is 30.3 Å². The highest BCUT2D eigenvalue weighted by atomic mass is 16.2. The van der Waals surface area contributed by atoms with Crippen LogP contribution in [0, 0.1) is 0 Å². The number of hydrogen-bond acceptors (Lipinski definition) is 5. The number of benzene rings is 1. The number of hydrogen-bond donors (Lipinski definition) is 1. The normalized spacial score (nSPS) is 18.6. The zero-order chi connectivity index (χ0) is 19.6. The summed E-state index contributed by atoms with van der Waals surface area (Å²) in [7, 11) is 0. The Morgan fingerprint density at radius 3 is 2.66 bits per heavy atom. The fourth-order valence-corrected chi connectivity index (χ4v) is 4.33. The summed E-state index contributed by atoms with van der Waals surface area (Å²) in [6, 6.07) is 10.4. The molecule has 1 aromatic carbocycles. The Morgan fingerprint density at radius 2 is 1.76 bits per heavy atom. The molecule has 150 valence electrons. The van der Waals surface area contributed by atoms with Gasteiger partial charge in [0.25, 0.3) is 5.91 Å². The Kier molecular flexibility index (Phi) is 4.83. The first-order chi connectivity index (χ1) is 14.3. The van der Waals surface area contributed by atoms with Gasteiger partial charge in [-0.25, -0.2) is 0 Å². The highest BCUT2D eigenvalue weighted by molar-refractivity contribution is 5.90. The average molecular weight is 391 g/mol. The molecule has 8 nitrogen and oxygen atoms in total. The second kappa shape index (κ2) is 7.77. The number of aryl methyl sites for hydroxylation is 2. The Labute approximate surface area is 169 Å². The quantitative estimate of drug-likeness (QED) is 0.734. The first-order valence-electron chi connectivity index (χ1n) is 10.5. The van der Waals surface area contributed by atoms with E-state index in [0.29, 0.717) is 5.82 Å². The average Bonchev–Trinajstić information content (AvgIpc) is 3.29. The zero-order valence-electron chi connectivity index (χ0n) is 16.4. The highest BCUT2D eigenvalue weighted by Crippen LogP contribution is 2.19. The molecule has 0 bridgehead atoms. The van der Waals surface area contributed by atoms with Crippen molar-refractivity contribution >= 4 is 5.91 Å². The van der Waals surface area contributed by atoms with Crippen LogP contribution in [0.3, 0.4) is 0 Å². The molecule has 0 fully saturated rings. The second-order valence-corrected chi connectivity index (χ2v) is 7.89. The van der Waals surface area contributed by atoms with Crippen molar-refractivity contribution in [3.05, 3.63) is 59.2 Å². The summed E-state index contributed by atoms with van der Waals surface area (Å²) in [5.41, 5.74) is 1.23. The summed E-state index contributed by atoms with van der Waals surface area (Å²) in [4.78, 5) is 12.8. The van der Waals surface area contributed by atoms with Gasteiger partial charge in [0.1, 0.15) is 17.5 Å². The van der Waals surface area contributed by atoms with Crippen LogP contribution < -0.4 is 5.32 Å². The molecule has 1 unspecified atom stereocenters. The summed E-state index contributed by atoms with van der Waals surface area (Å²) >= 11 is 0. The largest absolute Gasteiger partial charge is 0.346 e. The van der Waals surface area contributed by atoms with Gasteiger partial charge < -0.3 is 14.5 Å². The predicted molar refractivity (Wildman–Crippen MR) is 106 cm³/mol. The van der Waals surface area contributed by atoms with Gasteiger partial charge in [0.2, 0.25) is 5.82 Å². The van der Waals surface area contributed by atoms with Gasteiger partial charge in [-0.1, -0.05) is 30.3 Å². The number of aromatic nitrogens is 6. The fourth-order valence-electron chi connectivity index (χ4n) is 4.33. The number of nitrogens with one attached hydrogen (secondary N) is 1. The topological polar surface area (TPSA) is 90.5 Å². The second-order valence-electron chi connectivity index (χ2n) is 7.89. The summed E-state index contributed by atoms with van der Waals surface area (Å²) in [5, 5.41) is 20.3. The minimum Gasteiger partial charge on any atom is -0.346 e. The lowest BCUT2D eigenvalue weighted by Gasteiger charge is -2.18. The molecule has 0 saturated heterocycles. The summed E-state index contributed by atoms with van der Waals surface area (Å²) < 4.78 is 4.20. The predicted octanol–water partition coefficient (Wildman–Crippen LogP) is 1.93. The van der Waals surface area contributed by atoms with Gasteiger partial charge in [-0.3, -0.25) is 4.79 Å². The van der Waals surface area contributed by atoms with E-state index in [1.807, 2.05) is 22.8 Å². The number of carbonyl (C=O) groups excluding carboxylic acids is 1. The maximum Gasteiger partial charge on any atom is 0.289 e. The maximum absolute atomic E-state index is 12.8. The molecule has 1 amide bonds. The third kappa shape index (κ3) is 3.66. The molecular weight excluding hydrogens is 366 g/mol. The molecule has 3 aromatic rings. The van der Waals surface area contributed by atoms with Crippen molar-refractivity contribution < 1.29 is 4.79 Å². The number of amides is 1. The van der Waals surface area contributed by atoms with Gasteiger partial charge in [0.15, 0.2) is 0 Å². The van der Waals surface area contributed by atoms with E-state index in [9.17, 15) is 4.79 Å². The van der Waals surface area contributed by atoms with Crippen LogP contribution in [0.5, 0.6) is 0 Å². The van der Waals surface area contributed by atoms with Gasteiger partial charge in [0, 0.05) is 38.4 Å². The summed E-state index contributed by atoms with van der Waals surface area (Å²) in [6.45, 7) is 1.65. The molecule has 0 radical (unpaired) electrons. The number of carbonyl (C=O) groups is 1. The van der Waals surface area contributed by atoms with E-state index < -0.39 is 0 Å². The van der Waals surface area contributed by atoms with Crippen LogP contribution in [-0.2, 0) is 32.4 Å². The lowest BCUT2D eigenvalue weighted by molar-refractivity contribution is 0.0916. The maximum atomic E-state index is 12.8. The number of fused-ring (bicyclic) bond motifs is 2. The van der Waals surface area contributed by atoms with Crippen LogP contribution in [0.4, 0.5) is 0 Å². The Morgan fingerprint density at radius 1 is 0.931 bits per heavy atom. The van der Waals surface area contributed by atoms with Crippen LogP contribution >= 0.6 is 0 Å². The van der Waals surface area contributed by atoms with E-state index in [1.54, 1.807) is 0 Å². The van der Waals surface area contributed by atoms with Crippen molar-refractivity contribution in [1.29, 1.82) is 0 Å². The van der Waals surface area contributed by atoms with Crippen molar-refractivity contribution in [2.45, 2.75) is 64.1 Å². The van der Waals surface area contributed by atoms with Crippen LogP contribution in [0.2, 0.25) is 0 Å². The van der Waals surface area contributed by atoms with E-state index >= 15 is 0 Å². The molecule has 8 heteroatoms. The summed E-state index contributed by atoms with van der Waals surface area (Å²) in [5.74, 6) is 3.27. The van der Waals surface area contributed by atoms with Crippen LogP contribution in [-0.4, -0.2) is 41.5 Å². The summed E-state index contributed by atoms with van der Waals surface area (Å²) in [6.07, 6.45) is 6.40. The standard InChI is InChI=1S/C21H25N7O/c29-21(20-26-24-17-8-4-5-12-28(17)20)22-16-9-10-18-23-25-19(27(18)13-11-16)14-15-6-2-1-3-7-15/h1-3,6-7,16H,4-5,8-14H2,(H,22,29). The molecule has 5 rings (SSSR count). The van der Waals surface area contributed by atoms with Gasteiger partial charge in [-0.15, -0.1) is 20.4 Å². The van der Waals surface area contributed by atoms with E-state index in [-0.39, 0.29) is 11.9 Å². The van der Waals surface area contributed by atoms with Gasteiger partial charge >= 0.3 is 0 Å².